The first kappa shape index (κ1) is 21.1. The van der Waals surface area contributed by atoms with Crippen LogP contribution in [0.4, 0.5) is 0 Å². The molecule has 1 aromatic heterocycles. The highest BCUT2D eigenvalue weighted by molar-refractivity contribution is 7.10. The van der Waals surface area contributed by atoms with Crippen LogP contribution in [-0.2, 0) is 16.0 Å². The smallest absolute Gasteiger partial charge is 0.277 e. The molecule has 0 spiro atoms. The molecule has 0 saturated heterocycles. The Bertz CT molecular complexity index is 869. The Kier molecular flexibility index (Phi) is 6.76. The van der Waals surface area contributed by atoms with Gasteiger partial charge in [0, 0.05) is 26.1 Å². The molecule has 3 rings (SSSR count). The molecule has 2 heterocycles. The fraction of sp³-hybridized carbons (Fsp3) is 0.429. The number of thiophene rings is 1. The topological polar surface area (TPSA) is 72.3 Å². The summed E-state index contributed by atoms with van der Waals surface area (Å²) < 4.78 is 11.0. The summed E-state index contributed by atoms with van der Waals surface area (Å²) >= 11 is 1.69. The highest BCUT2D eigenvalue weighted by Crippen LogP contribution is 2.36. The molecule has 0 saturated carbocycles. The molecule has 2 atom stereocenters. The quantitative estimate of drug-likeness (QED) is 0.687. The van der Waals surface area contributed by atoms with Crippen LogP contribution in [0, 0.1) is 0 Å². The van der Waals surface area contributed by atoms with E-state index in [-0.39, 0.29) is 24.4 Å². The third kappa shape index (κ3) is 4.54. The van der Waals surface area contributed by atoms with Crippen molar-refractivity contribution in [3.8, 4) is 11.5 Å². The Morgan fingerprint density at radius 1 is 1.28 bits per heavy atom. The van der Waals surface area contributed by atoms with E-state index in [4.69, 9.17) is 9.47 Å². The Morgan fingerprint density at radius 2 is 2.00 bits per heavy atom. The van der Waals surface area contributed by atoms with Crippen molar-refractivity contribution >= 4 is 23.2 Å². The second-order valence-corrected chi connectivity index (χ2v) is 8.09. The van der Waals surface area contributed by atoms with E-state index in [2.05, 4.69) is 16.8 Å². The van der Waals surface area contributed by atoms with Crippen LogP contribution in [-0.4, -0.2) is 64.7 Å². The SMILES string of the molecule is CNC(=O)CN(C)C(=O)C[NH+]1CCc2cc(OC)c(OC)cc2[C@@H]1c1cccs1. The largest absolute Gasteiger partial charge is 0.493 e. The maximum absolute atomic E-state index is 12.8. The zero-order chi connectivity index (χ0) is 21.0. The van der Waals surface area contributed by atoms with Gasteiger partial charge in [0.15, 0.2) is 18.0 Å². The van der Waals surface area contributed by atoms with Gasteiger partial charge < -0.3 is 24.6 Å². The number of nitrogens with zero attached hydrogens (tertiary/aromatic N) is 1. The molecule has 0 radical (unpaired) electrons. The zero-order valence-electron chi connectivity index (χ0n) is 17.3. The number of methoxy groups -OCH3 is 2. The van der Waals surface area contributed by atoms with Crippen LogP contribution < -0.4 is 19.7 Å². The number of benzene rings is 1. The second-order valence-electron chi connectivity index (χ2n) is 7.11. The predicted octanol–water partition coefficient (Wildman–Crippen LogP) is 0.500. The van der Waals surface area contributed by atoms with E-state index in [1.165, 1.54) is 20.2 Å². The number of carbonyl (C=O) groups excluding carboxylic acids is 2. The summed E-state index contributed by atoms with van der Waals surface area (Å²) in [7, 11) is 6.52. The fourth-order valence-corrected chi connectivity index (χ4v) is 4.69. The van der Waals surface area contributed by atoms with Gasteiger partial charge in [0.1, 0.15) is 6.04 Å². The lowest BCUT2D eigenvalue weighted by atomic mass is 9.91. The van der Waals surface area contributed by atoms with Crippen molar-refractivity contribution in [1.29, 1.82) is 0 Å². The Hall–Kier alpha value is -2.58. The van der Waals surface area contributed by atoms with Gasteiger partial charge in [-0.3, -0.25) is 9.59 Å². The molecular formula is C21H28N3O4S+. The standard InChI is InChI=1S/C21H27N3O4S/c1-22-19(25)12-23(2)20(26)13-24-8-7-14-10-16(27-3)17(28-4)11-15(14)21(24)18-6-5-9-29-18/h5-6,9-11,21H,7-8,12-13H2,1-4H3,(H,22,25)/p+1/t21-/m1/s1. The van der Waals surface area contributed by atoms with Gasteiger partial charge in [-0.05, 0) is 29.1 Å². The third-order valence-electron chi connectivity index (χ3n) is 5.37. The number of ether oxygens (including phenoxy) is 2. The molecule has 1 aliphatic heterocycles. The molecule has 0 bridgehead atoms. The van der Waals surface area contributed by atoms with E-state index in [0.29, 0.717) is 12.3 Å². The molecule has 0 aliphatic carbocycles. The molecular weight excluding hydrogens is 390 g/mol. The van der Waals surface area contributed by atoms with Gasteiger partial charge in [0.2, 0.25) is 5.91 Å². The number of quaternary nitrogens is 1. The lowest BCUT2D eigenvalue weighted by molar-refractivity contribution is -0.920. The number of rotatable bonds is 7. The molecule has 2 amide bonds. The highest BCUT2D eigenvalue weighted by Gasteiger charge is 2.36. The van der Waals surface area contributed by atoms with Gasteiger partial charge in [-0.25, -0.2) is 0 Å². The highest BCUT2D eigenvalue weighted by atomic mass is 32.1. The monoisotopic (exact) mass is 418 g/mol. The summed E-state index contributed by atoms with van der Waals surface area (Å²) in [4.78, 5) is 28.3. The van der Waals surface area contributed by atoms with Gasteiger partial charge in [-0.2, -0.15) is 0 Å². The van der Waals surface area contributed by atoms with E-state index >= 15 is 0 Å². The van der Waals surface area contributed by atoms with E-state index in [1.807, 2.05) is 18.2 Å². The fourth-order valence-electron chi connectivity index (χ4n) is 3.79. The van der Waals surface area contributed by atoms with Gasteiger partial charge in [0.05, 0.1) is 32.2 Å². The summed E-state index contributed by atoms with van der Waals surface area (Å²) in [5.41, 5.74) is 2.38. The van der Waals surface area contributed by atoms with Crippen LogP contribution in [0.2, 0.25) is 0 Å². The predicted molar refractivity (Wildman–Crippen MR) is 112 cm³/mol. The number of carbonyl (C=O) groups is 2. The Morgan fingerprint density at radius 3 is 2.62 bits per heavy atom. The normalized spacial score (nSPS) is 17.9. The first-order valence-corrected chi connectivity index (χ1v) is 10.4. The van der Waals surface area contributed by atoms with Crippen LogP contribution in [0.5, 0.6) is 11.5 Å². The lowest BCUT2D eigenvalue weighted by Gasteiger charge is -2.34. The summed E-state index contributed by atoms with van der Waals surface area (Å²) in [5.74, 6) is 1.19. The molecule has 2 N–H and O–H groups in total. The van der Waals surface area contributed by atoms with Crippen LogP contribution in [0.25, 0.3) is 0 Å². The molecule has 0 fully saturated rings. The molecule has 2 aromatic rings. The van der Waals surface area contributed by atoms with E-state index in [0.717, 1.165) is 24.3 Å². The van der Waals surface area contributed by atoms with Crippen molar-refractivity contribution in [2.45, 2.75) is 12.5 Å². The van der Waals surface area contributed by atoms with E-state index in [1.54, 1.807) is 39.7 Å². The number of hydrogen-bond acceptors (Lipinski definition) is 5. The molecule has 8 heteroatoms. The molecule has 156 valence electrons. The van der Waals surface area contributed by atoms with Gasteiger partial charge >= 0.3 is 0 Å². The first-order valence-electron chi connectivity index (χ1n) is 9.55. The number of fused-ring (bicyclic) bond motifs is 1. The lowest BCUT2D eigenvalue weighted by Crippen LogP contribution is -3.14. The zero-order valence-corrected chi connectivity index (χ0v) is 18.1. The Balaban J connectivity index is 1.91. The van der Waals surface area contributed by atoms with Crippen LogP contribution in [0.3, 0.4) is 0 Å². The number of hydrogen-bond donors (Lipinski definition) is 2. The van der Waals surface area contributed by atoms with Crippen molar-refractivity contribution < 1.29 is 24.0 Å². The van der Waals surface area contributed by atoms with Crippen molar-refractivity contribution in [2.24, 2.45) is 0 Å². The minimum Gasteiger partial charge on any atom is -0.493 e. The summed E-state index contributed by atoms with van der Waals surface area (Å²) in [5, 5.41) is 4.62. The molecule has 1 aliphatic rings. The van der Waals surface area contributed by atoms with Crippen molar-refractivity contribution in [1.82, 2.24) is 10.2 Å². The summed E-state index contributed by atoms with van der Waals surface area (Å²) in [6, 6.07) is 8.27. The van der Waals surface area contributed by atoms with E-state index < -0.39 is 0 Å². The minimum absolute atomic E-state index is 0.0379. The second kappa shape index (κ2) is 9.28. The van der Waals surface area contributed by atoms with Gasteiger partial charge in [0.25, 0.3) is 5.91 Å². The number of nitrogens with one attached hydrogen (secondary N) is 2. The van der Waals surface area contributed by atoms with Crippen molar-refractivity contribution in [3.05, 3.63) is 45.6 Å². The number of likely N-dealkylation sites (N-methyl/N-ethyl adjacent to an activating group) is 2. The maximum Gasteiger partial charge on any atom is 0.277 e. The van der Waals surface area contributed by atoms with E-state index in [9.17, 15) is 9.59 Å². The number of amides is 2. The van der Waals surface area contributed by atoms with Crippen LogP contribution in [0.1, 0.15) is 22.0 Å². The van der Waals surface area contributed by atoms with Crippen LogP contribution in [0.15, 0.2) is 29.6 Å². The van der Waals surface area contributed by atoms with Crippen molar-refractivity contribution in [2.75, 3.05) is 47.9 Å². The summed E-state index contributed by atoms with van der Waals surface area (Å²) in [6.45, 7) is 1.21. The average molecular weight is 419 g/mol. The molecule has 1 unspecified atom stereocenters. The Labute approximate surface area is 175 Å². The molecule has 7 nitrogen and oxygen atoms in total. The van der Waals surface area contributed by atoms with Crippen LogP contribution >= 0.6 is 11.3 Å². The minimum atomic E-state index is -0.175. The van der Waals surface area contributed by atoms with Crippen molar-refractivity contribution in [3.63, 3.8) is 0 Å². The van der Waals surface area contributed by atoms with Gasteiger partial charge in [-0.1, -0.05) is 6.07 Å². The molecule has 1 aromatic carbocycles. The van der Waals surface area contributed by atoms with Gasteiger partial charge in [-0.15, -0.1) is 11.3 Å². The molecule has 29 heavy (non-hydrogen) atoms. The average Bonchev–Trinajstić information content (AvgIpc) is 3.26. The maximum atomic E-state index is 12.8. The first-order chi connectivity index (χ1) is 14.0. The third-order valence-corrected chi connectivity index (χ3v) is 6.31. The summed E-state index contributed by atoms with van der Waals surface area (Å²) in [6.07, 6.45) is 0.847.